The maximum absolute atomic E-state index is 9.20. The number of hydrogen-bond acceptors (Lipinski definition) is 5. The van der Waals surface area contributed by atoms with Gasteiger partial charge in [-0.3, -0.25) is 0 Å². The van der Waals surface area contributed by atoms with Crippen LogP contribution >= 0.6 is 11.6 Å². The molecule has 0 radical (unpaired) electrons. The first-order valence-electron chi connectivity index (χ1n) is 6.33. The summed E-state index contributed by atoms with van der Waals surface area (Å²) >= 11 is 6.04. The van der Waals surface area contributed by atoms with Crippen LogP contribution in [0.25, 0.3) is 11.0 Å². The van der Waals surface area contributed by atoms with Gasteiger partial charge in [-0.25, -0.2) is 9.97 Å². The van der Waals surface area contributed by atoms with Crippen LogP contribution in [0.15, 0.2) is 35.0 Å². The zero-order valence-electron chi connectivity index (χ0n) is 11.1. The Morgan fingerprint density at radius 1 is 1.33 bits per heavy atom. The molecule has 0 spiro atoms. The Bertz CT molecular complexity index is 852. The summed E-state index contributed by atoms with van der Waals surface area (Å²) in [4.78, 5) is 8.03. The highest BCUT2D eigenvalue weighted by atomic mass is 35.5. The summed E-state index contributed by atoms with van der Waals surface area (Å²) in [6, 6.07) is 9.26. The van der Waals surface area contributed by atoms with Crippen molar-refractivity contribution in [3.05, 3.63) is 47.1 Å². The quantitative estimate of drug-likeness (QED) is 0.681. The van der Waals surface area contributed by atoms with E-state index in [1.807, 2.05) is 31.2 Å². The lowest BCUT2D eigenvalue weighted by atomic mass is 10.2. The number of para-hydroxylation sites is 1. The number of hydrogen-bond donors (Lipinski definition) is 0. The molecule has 0 aliphatic rings. The summed E-state index contributed by atoms with van der Waals surface area (Å²) < 4.78 is 11.3. The second-order valence-electron chi connectivity index (χ2n) is 4.27. The van der Waals surface area contributed by atoms with E-state index in [1.54, 1.807) is 6.07 Å². The molecule has 0 aliphatic carbocycles. The minimum atomic E-state index is 0.105. The van der Waals surface area contributed by atoms with Gasteiger partial charge in [-0.05, 0) is 18.6 Å². The van der Waals surface area contributed by atoms with Gasteiger partial charge in [-0.1, -0.05) is 30.7 Å². The number of nitriles is 1. The molecule has 0 aliphatic heterocycles. The first-order valence-corrected chi connectivity index (χ1v) is 6.71. The van der Waals surface area contributed by atoms with Crippen LogP contribution in [0.5, 0.6) is 11.6 Å². The lowest BCUT2D eigenvalue weighted by Crippen LogP contribution is -1.97. The Morgan fingerprint density at radius 2 is 2.14 bits per heavy atom. The van der Waals surface area contributed by atoms with Crippen LogP contribution < -0.4 is 4.74 Å². The number of furan rings is 1. The van der Waals surface area contributed by atoms with Crippen molar-refractivity contribution < 1.29 is 9.15 Å². The lowest BCUT2D eigenvalue weighted by Gasteiger charge is -2.08. The van der Waals surface area contributed by atoms with Crippen LogP contribution in [0, 0.1) is 11.3 Å². The molecule has 3 aromatic rings. The third kappa shape index (κ3) is 2.30. The average Bonchev–Trinajstić information content (AvgIpc) is 2.86. The van der Waals surface area contributed by atoms with E-state index in [4.69, 9.17) is 20.8 Å². The zero-order chi connectivity index (χ0) is 14.8. The van der Waals surface area contributed by atoms with Gasteiger partial charge in [0.1, 0.15) is 23.1 Å². The predicted molar refractivity (Wildman–Crippen MR) is 77.4 cm³/mol. The lowest BCUT2D eigenvalue weighted by molar-refractivity contribution is 0.444. The standard InChI is InChI=1S/C15H10ClN3O2/c1-2-9-14(16)18-8-19-15(9)21-13-10-5-3-4-6-11(10)20-12(13)7-17/h3-6,8H,2H2,1H3. The third-order valence-electron chi connectivity index (χ3n) is 3.06. The normalized spacial score (nSPS) is 10.5. The summed E-state index contributed by atoms with van der Waals surface area (Å²) in [6.45, 7) is 1.93. The molecule has 2 heterocycles. The van der Waals surface area contributed by atoms with Crippen LogP contribution in [-0.2, 0) is 6.42 Å². The fraction of sp³-hybridized carbons (Fsp3) is 0.133. The number of nitrogens with zero attached hydrogens (tertiary/aromatic N) is 3. The van der Waals surface area contributed by atoms with Gasteiger partial charge in [0.2, 0.25) is 11.6 Å². The minimum absolute atomic E-state index is 0.105. The number of halogens is 1. The third-order valence-corrected chi connectivity index (χ3v) is 3.38. The molecule has 0 bridgehead atoms. The van der Waals surface area contributed by atoms with Crippen molar-refractivity contribution in [2.75, 3.05) is 0 Å². The molecule has 0 amide bonds. The van der Waals surface area contributed by atoms with E-state index in [0.717, 1.165) is 0 Å². The summed E-state index contributed by atoms with van der Waals surface area (Å²) in [6.07, 6.45) is 1.94. The Labute approximate surface area is 125 Å². The smallest absolute Gasteiger partial charge is 0.247 e. The molecule has 2 aromatic heterocycles. The van der Waals surface area contributed by atoms with Crippen molar-refractivity contribution in [3.8, 4) is 17.7 Å². The first-order chi connectivity index (χ1) is 10.2. The predicted octanol–water partition coefficient (Wildman–Crippen LogP) is 4.10. The van der Waals surface area contributed by atoms with Gasteiger partial charge in [0, 0.05) is 0 Å². The fourth-order valence-electron chi connectivity index (χ4n) is 2.05. The SMILES string of the molecule is CCc1c(Cl)ncnc1Oc1c(C#N)oc2ccccc12. The number of fused-ring (bicyclic) bond motifs is 1. The summed E-state index contributed by atoms with van der Waals surface area (Å²) in [7, 11) is 0. The molecule has 0 N–H and O–H groups in total. The second-order valence-corrected chi connectivity index (χ2v) is 4.63. The molecule has 5 nitrogen and oxygen atoms in total. The molecule has 0 saturated heterocycles. The largest absolute Gasteiger partial charge is 0.442 e. The Morgan fingerprint density at radius 3 is 2.90 bits per heavy atom. The molecule has 0 unspecified atom stereocenters. The monoisotopic (exact) mass is 299 g/mol. The zero-order valence-corrected chi connectivity index (χ0v) is 11.9. The summed E-state index contributed by atoms with van der Waals surface area (Å²) in [5.41, 5.74) is 1.27. The van der Waals surface area contributed by atoms with Crippen molar-refractivity contribution in [3.63, 3.8) is 0 Å². The fourth-order valence-corrected chi connectivity index (χ4v) is 2.31. The topological polar surface area (TPSA) is 71.9 Å². The minimum Gasteiger partial charge on any atom is -0.442 e. The van der Waals surface area contributed by atoms with Crippen molar-refractivity contribution in [1.29, 1.82) is 5.26 Å². The van der Waals surface area contributed by atoms with Crippen LogP contribution in [-0.4, -0.2) is 9.97 Å². The van der Waals surface area contributed by atoms with E-state index in [1.165, 1.54) is 6.33 Å². The highest BCUT2D eigenvalue weighted by Crippen LogP contribution is 2.37. The maximum Gasteiger partial charge on any atom is 0.247 e. The van der Waals surface area contributed by atoms with Crippen LogP contribution in [0.4, 0.5) is 0 Å². The summed E-state index contributed by atoms with van der Waals surface area (Å²) in [5, 5.41) is 10.3. The molecule has 0 fully saturated rings. The molecule has 21 heavy (non-hydrogen) atoms. The number of aromatic nitrogens is 2. The molecule has 0 atom stereocenters. The molecule has 3 rings (SSSR count). The Balaban J connectivity index is 2.15. The van der Waals surface area contributed by atoms with Gasteiger partial charge in [0.15, 0.2) is 5.75 Å². The number of benzene rings is 1. The molecule has 6 heteroatoms. The van der Waals surface area contributed by atoms with E-state index in [-0.39, 0.29) is 5.76 Å². The van der Waals surface area contributed by atoms with Gasteiger partial charge in [-0.2, -0.15) is 5.26 Å². The van der Waals surface area contributed by atoms with Crippen LogP contribution in [0.2, 0.25) is 5.15 Å². The molecular weight excluding hydrogens is 290 g/mol. The van der Waals surface area contributed by atoms with E-state index >= 15 is 0 Å². The first kappa shape index (κ1) is 13.4. The summed E-state index contributed by atoms with van der Waals surface area (Å²) in [5.74, 6) is 0.783. The Kier molecular flexibility index (Phi) is 3.46. The van der Waals surface area contributed by atoms with Gasteiger partial charge in [0.05, 0.1) is 10.9 Å². The molecule has 0 saturated carbocycles. The van der Waals surface area contributed by atoms with Gasteiger partial charge < -0.3 is 9.15 Å². The van der Waals surface area contributed by atoms with Crippen LogP contribution in [0.3, 0.4) is 0 Å². The van der Waals surface area contributed by atoms with Gasteiger partial charge >= 0.3 is 0 Å². The molecular formula is C15H10ClN3O2. The second kappa shape index (κ2) is 5.43. The van der Waals surface area contributed by atoms with Crippen molar-refractivity contribution in [2.45, 2.75) is 13.3 Å². The van der Waals surface area contributed by atoms with Crippen molar-refractivity contribution in [2.24, 2.45) is 0 Å². The van der Waals surface area contributed by atoms with Crippen molar-refractivity contribution >= 4 is 22.6 Å². The Hall–Kier alpha value is -2.58. The highest BCUT2D eigenvalue weighted by Gasteiger charge is 2.19. The van der Waals surface area contributed by atoms with E-state index in [0.29, 0.717) is 39.7 Å². The van der Waals surface area contributed by atoms with E-state index in [2.05, 4.69) is 9.97 Å². The van der Waals surface area contributed by atoms with E-state index < -0.39 is 0 Å². The van der Waals surface area contributed by atoms with Crippen LogP contribution in [0.1, 0.15) is 18.2 Å². The number of rotatable bonds is 3. The number of ether oxygens (including phenoxy) is 1. The maximum atomic E-state index is 9.20. The highest BCUT2D eigenvalue weighted by molar-refractivity contribution is 6.30. The van der Waals surface area contributed by atoms with E-state index in [9.17, 15) is 5.26 Å². The average molecular weight is 300 g/mol. The van der Waals surface area contributed by atoms with Crippen molar-refractivity contribution in [1.82, 2.24) is 9.97 Å². The molecule has 104 valence electrons. The van der Waals surface area contributed by atoms with Gasteiger partial charge in [-0.15, -0.1) is 0 Å². The molecule has 1 aromatic carbocycles. The van der Waals surface area contributed by atoms with Gasteiger partial charge in [0.25, 0.3) is 0 Å².